The number of para-hydroxylation sites is 3. The molecule has 0 aliphatic heterocycles. The minimum atomic E-state index is -0.111. The van der Waals surface area contributed by atoms with Crippen LogP contribution in [0.25, 0.3) is 87.7 Å². The zero-order valence-electron chi connectivity index (χ0n) is 36.0. The second kappa shape index (κ2) is 13.5. The van der Waals surface area contributed by atoms with E-state index in [2.05, 4.69) is 120 Å². The molecule has 0 atom stereocenters. The molecule has 0 spiro atoms. The first-order chi connectivity index (χ1) is 31.0. The Hall–Kier alpha value is -7.62. The number of aromatic nitrogens is 1. The van der Waals surface area contributed by atoms with Crippen molar-refractivity contribution < 1.29 is 9.90 Å². The highest BCUT2D eigenvalue weighted by atomic mass is 16.3. The maximum Gasteiger partial charge on any atom is 0.143 e. The van der Waals surface area contributed by atoms with Crippen LogP contribution in [0, 0.1) is 0 Å². The third kappa shape index (κ3) is 5.36. The lowest BCUT2D eigenvalue weighted by atomic mass is 9.93. The Morgan fingerprint density at radius 3 is 1.83 bits per heavy atom. The normalized spacial score (nSPS) is 14.1. The minimum Gasteiger partial charge on any atom is -0.455 e. The van der Waals surface area contributed by atoms with E-state index in [1.807, 2.05) is 71.6 Å². The monoisotopic (exact) mass is 758 g/mol. The molecule has 2 aromatic heterocycles. The Morgan fingerprint density at radius 2 is 1.07 bits per heavy atom. The van der Waals surface area contributed by atoms with Gasteiger partial charge in [0.05, 0.1) is 16.5 Å². The molecule has 0 amide bonds. The fourth-order valence-corrected chi connectivity index (χ4v) is 9.24. The van der Waals surface area contributed by atoms with Crippen LogP contribution in [0.5, 0.6) is 0 Å². The van der Waals surface area contributed by atoms with Gasteiger partial charge in [-0.2, -0.15) is 0 Å². The average Bonchev–Trinajstić information content (AvgIpc) is 3.89. The summed E-state index contributed by atoms with van der Waals surface area (Å²) in [6.45, 7) is 0. The molecule has 0 N–H and O–H groups in total. The first-order valence-corrected chi connectivity index (χ1v) is 20.2. The maximum atomic E-state index is 9.82. The van der Waals surface area contributed by atoms with Crippen molar-refractivity contribution in [2.24, 2.45) is 0 Å². The summed E-state index contributed by atoms with van der Waals surface area (Å²) in [4.78, 5) is 1.97. The number of anilines is 2. The predicted molar refractivity (Wildman–Crippen MR) is 249 cm³/mol. The molecule has 1 aliphatic carbocycles. The summed E-state index contributed by atoms with van der Waals surface area (Å²) < 4.78 is 48.0. The number of allylic oxidation sites excluding steroid dienone is 4. The van der Waals surface area contributed by atoms with Gasteiger partial charge in [-0.15, -0.1) is 0 Å². The van der Waals surface area contributed by atoms with Crippen LogP contribution >= 0.6 is 0 Å². The zero-order valence-corrected chi connectivity index (χ0v) is 32.0. The largest absolute Gasteiger partial charge is 0.455 e. The van der Waals surface area contributed by atoms with E-state index in [0.29, 0.717) is 12.0 Å². The molecule has 2 heterocycles. The van der Waals surface area contributed by atoms with Crippen molar-refractivity contribution in [3.8, 4) is 16.8 Å². The third-order valence-corrected chi connectivity index (χ3v) is 11.9. The lowest BCUT2D eigenvalue weighted by Gasteiger charge is -2.32. The number of benzene rings is 9. The molecular weight excluding hydrogens is 717 g/mol. The van der Waals surface area contributed by atoms with Crippen molar-refractivity contribution in [1.29, 1.82) is 0 Å². The Bertz CT molecular complexity index is 3660. The lowest BCUT2D eigenvalue weighted by molar-refractivity contribution is 0.671. The second-order valence-electron chi connectivity index (χ2n) is 15.2. The van der Waals surface area contributed by atoms with E-state index in [-0.39, 0.29) is 35.4 Å². The van der Waals surface area contributed by atoms with Crippen LogP contribution in [0.15, 0.2) is 216 Å². The summed E-state index contributed by atoms with van der Waals surface area (Å²) in [5.41, 5.74) is 9.29. The van der Waals surface area contributed by atoms with Gasteiger partial charge in [0, 0.05) is 60.8 Å². The standard InChI is InChI=1S/C56H38N2O/c1-3-16-43-37(13-1)15-11-21-44(43)39-27-30-40(31-28-39)57(41-32-34-42(35-33-41)58-53-25-9-5-18-46(53)47-19-6-10-26-54(47)58)52-24-8-7-20-48(52)49-22-12-23-50-51-36-29-38-14-2-4-17-45(38)55(51)59-56(49)50/h1-7,9-23,25-36H,8,24H2/i27D,28D,30D,31D. The fraction of sp³-hybridized carbons (Fsp3) is 0.0357. The Kier molecular flexibility index (Phi) is 6.77. The minimum absolute atomic E-state index is 0.0889. The highest BCUT2D eigenvalue weighted by molar-refractivity contribution is 6.17. The third-order valence-electron chi connectivity index (χ3n) is 11.9. The van der Waals surface area contributed by atoms with Crippen LogP contribution in [-0.4, -0.2) is 4.57 Å². The Balaban J connectivity index is 1.11. The summed E-state index contributed by atoms with van der Waals surface area (Å²) in [7, 11) is 0. The SMILES string of the molecule is [2H]c1c([2H])c(N(C2=C(c3cccc4c3oc3c5ccccc5ccc43)C=CCC2)c2ccc(-n3c4ccccc4c4ccccc43)cc2)c([2H])c([2H])c1-c1cccc2ccccc12. The van der Waals surface area contributed by atoms with Crippen molar-refractivity contribution in [2.45, 2.75) is 12.8 Å². The fourth-order valence-electron chi connectivity index (χ4n) is 9.24. The van der Waals surface area contributed by atoms with Gasteiger partial charge in [-0.1, -0.05) is 152 Å². The number of furan rings is 1. The quantitative estimate of drug-likeness (QED) is 0.168. The lowest BCUT2D eigenvalue weighted by Crippen LogP contribution is -2.19. The number of hydrogen-bond donors (Lipinski definition) is 0. The van der Waals surface area contributed by atoms with E-state index in [1.54, 1.807) is 0 Å². The van der Waals surface area contributed by atoms with E-state index >= 15 is 0 Å². The molecule has 11 aromatic rings. The van der Waals surface area contributed by atoms with Crippen LogP contribution in [-0.2, 0) is 0 Å². The highest BCUT2D eigenvalue weighted by Crippen LogP contribution is 2.44. The van der Waals surface area contributed by atoms with Gasteiger partial charge in [0.15, 0.2) is 0 Å². The Morgan fingerprint density at radius 1 is 0.475 bits per heavy atom. The number of rotatable bonds is 6. The van der Waals surface area contributed by atoms with Gasteiger partial charge in [-0.05, 0) is 94.7 Å². The van der Waals surface area contributed by atoms with Crippen LogP contribution < -0.4 is 4.90 Å². The first-order valence-electron chi connectivity index (χ1n) is 22.2. The molecule has 0 fully saturated rings. The van der Waals surface area contributed by atoms with E-state index in [9.17, 15) is 5.48 Å². The molecule has 0 unspecified atom stereocenters. The molecule has 3 heteroatoms. The number of hydrogen-bond acceptors (Lipinski definition) is 2. The topological polar surface area (TPSA) is 21.3 Å². The second-order valence-corrected chi connectivity index (χ2v) is 15.2. The van der Waals surface area contributed by atoms with Crippen LogP contribution in [0.2, 0.25) is 0 Å². The Labute approximate surface area is 347 Å². The molecule has 3 nitrogen and oxygen atoms in total. The van der Waals surface area contributed by atoms with Crippen molar-refractivity contribution in [1.82, 2.24) is 4.57 Å². The zero-order chi connectivity index (χ0) is 42.3. The van der Waals surface area contributed by atoms with E-state index in [4.69, 9.17) is 4.42 Å². The summed E-state index contributed by atoms with van der Waals surface area (Å²) in [5.74, 6) is 0. The smallest absolute Gasteiger partial charge is 0.143 e. The van der Waals surface area contributed by atoms with Gasteiger partial charge in [0.1, 0.15) is 11.2 Å². The van der Waals surface area contributed by atoms with Crippen molar-refractivity contribution in [2.75, 3.05) is 4.90 Å². The highest BCUT2D eigenvalue weighted by Gasteiger charge is 2.24. The molecule has 0 saturated carbocycles. The van der Waals surface area contributed by atoms with Gasteiger partial charge >= 0.3 is 0 Å². The van der Waals surface area contributed by atoms with E-state index in [1.165, 1.54) is 10.8 Å². The summed E-state index contributed by atoms with van der Waals surface area (Å²) >= 11 is 0. The van der Waals surface area contributed by atoms with Gasteiger partial charge < -0.3 is 13.9 Å². The maximum absolute atomic E-state index is 9.82. The number of fused-ring (bicyclic) bond motifs is 9. The molecule has 59 heavy (non-hydrogen) atoms. The average molecular weight is 759 g/mol. The summed E-state index contributed by atoms with van der Waals surface area (Å²) in [5, 5.41) is 8.38. The number of nitrogens with zero attached hydrogens (tertiary/aromatic N) is 2. The molecule has 1 aliphatic rings. The molecular formula is C56H38N2O. The molecule has 0 saturated heterocycles. The van der Waals surface area contributed by atoms with Crippen molar-refractivity contribution in [3.63, 3.8) is 0 Å². The molecule has 12 rings (SSSR count). The van der Waals surface area contributed by atoms with Crippen LogP contribution in [0.4, 0.5) is 11.4 Å². The van der Waals surface area contributed by atoms with E-state index in [0.717, 1.165) is 89.1 Å². The van der Waals surface area contributed by atoms with Gasteiger partial charge in [-0.25, -0.2) is 0 Å². The summed E-state index contributed by atoms with van der Waals surface area (Å²) in [6.07, 6.45) is 5.60. The predicted octanol–water partition coefficient (Wildman–Crippen LogP) is 15.6. The van der Waals surface area contributed by atoms with Gasteiger partial charge in [0.25, 0.3) is 0 Å². The van der Waals surface area contributed by atoms with Gasteiger partial charge in [-0.3, -0.25) is 0 Å². The summed E-state index contributed by atoms with van der Waals surface area (Å²) in [6, 6.07) is 57.2. The van der Waals surface area contributed by atoms with E-state index < -0.39 is 0 Å². The first kappa shape index (κ1) is 29.6. The molecule has 0 radical (unpaired) electrons. The molecule has 9 aromatic carbocycles. The molecule has 278 valence electrons. The van der Waals surface area contributed by atoms with Crippen LogP contribution in [0.1, 0.15) is 23.9 Å². The van der Waals surface area contributed by atoms with Crippen molar-refractivity contribution >= 4 is 82.2 Å². The van der Waals surface area contributed by atoms with Gasteiger partial charge in [0.2, 0.25) is 0 Å². The molecule has 0 bridgehead atoms. The van der Waals surface area contributed by atoms with Crippen LogP contribution in [0.3, 0.4) is 0 Å². The van der Waals surface area contributed by atoms with Crippen molar-refractivity contribution in [3.05, 3.63) is 217 Å².